The lowest BCUT2D eigenvalue weighted by Gasteiger charge is -2.36. The maximum Gasteiger partial charge on any atom is 0.222 e. The number of likely N-dealkylation sites (tertiary alicyclic amines) is 1. The molecular formula is C18H36N2O2. The van der Waals surface area contributed by atoms with Crippen LogP contribution in [0.25, 0.3) is 0 Å². The Labute approximate surface area is 137 Å². The number of amides is 1. The van der Waals surface area contributed by atoms with E-state index in [2.05, 4.69) is 19.2 Å². The molecule has 1 atom stereocenters. The summed E-state index contributed by atoms with van der Waals surface area (Å²) in [6.07, 6.45) is 5.71. The maximum atomic E-state index is 12.1. The zero-order valence-electron chi connectivity index (χ0n) is 15.3. The second-order valence-electron chi connectivity index (χ2n) is 6.42. The summed E-state index contributed by atoms with van der Waals surface area (Å²) in [7, 11) is 0. The zero-order valence-corrected chi connectivity index (χ0v) is 15.3. The molecule has 22 heavy (non-hydrogen) atoms. The van der Waals surface area contributed by atoms with Gasteiger partial charge in [-0.15, -0.1) is 0 Å². The van der Waals surface area contributed by atoms with Crippen LogP contribution in [-0.2, 0) is 9.59 Å². The van der Waals surface area contributed by atoms with Crippen LogP contribution in [0.4, 0.5) is 0 Å². The van der Waals surface area contributed by atoms with Crippen LogP contribution < -0.4 is 5.32 Å². The second kappa shape index (κ2) is 11.6. The van der Waals surface area contributed by atoms with Gasteiger partial charge in [0.1, 0.15) is 6.29 Å². The highest BCUT2D eigenvalue weighted by atomic mass is 16.2. The number of nitrogens with zero attached hydrogens (tertiary/aromatic N) is 1. The van der Waals surface area contributed by atoms with Gasteiger partial charge in [-0.3, -0.25) is 4.79 Å². The Morgan fingerprint density at radius 2 is 1.82 bits per heavy atom. The fraction of sp³-hybridized carbons (Fsp3) is 0.889. The van der Waals surface area contributed by atoms with Gasteiger partial charge in [-0.1, -0.05) is 41.0 Å². The molecule has 2 aliphatic rings. The number of nitrogens with one attached hydrogen (secondary N) is 1. The smallest absolute Gasteiger partial charge is 0.222 e. The van der Waals surface area contributed by atoms with Crippen LogP contribution in [0.5, 0.6) is 0 Å². The quantitative estimate of drug-likeness (QED) is 0.814. The Balaban J connectivity index is 0.000000789. The largest absolute Gasteiger partial charge is 0.343 e. The summed E-state index contributed by atoms with van der Waals surface area (Å²) in [5, 5.41) is 3.29. The van der Waals surface area contributed by atoms with Gasteiger partial charge in [-0.05, 0) is 38.3 Å². The molecule has 2 saturated heterocycles. The van der Waals surface area contributed by atoms with Gasteiger partial charge in [-0.2, -0.15) is 0 Å². The topological polar surface area (TPSA) is 49.4 Å². The lowest BCUT2D eigenvalue weighted by atomic mass is 9.82. The third kappa shape index (κ3) is 7.39. The molecule has 0 spiro atoms. The Hall–Kier alpha value is -0.900. The lowest BCUT2D eigenvalue weighted by molar-refractivity contribution is -0.136. The summed E-state index contributed by atoms with van der Waals surface area (Å²) >= 11 is 0. The number of aldehydes is 1. The summed E-state index contributed by atoms with van der Waals surface area (Å²) in [4.78, 5) is 24.9. The van der Waals surface area contributed by atoms with Gasteiger partial charge in [0.25, 0.3) is 0 Å². The summed E-state index contributed by atoms with van der Waals surface area (Å²) < 4.78 is 0. The van der Waals surface area contributed by atoms with Crippen LogP contribution in [0.1, 0.15) is 66.7 Å². The molecule has 1 unspecified atom stereocenters. The molecule has 0 saturated carbocycles. The van der Waals surface area contributed by atoms with Crippen molar-refractivity contribution in [1.29, 1.82) is 0 Å². The molecular weight excluding hydrogens is 276 g/mol. The molecule has 2 rings (SSSR count). The van der Waals surface area contributed by atoms with E-state index in [-0.39, 0.29) is 11.3 Å². The highest BCUT2D eigenvalue weighted by molar-refractivity contribution is 5.77. The minimum Gasteiger partial charge on any atom is -0.343 e. The molecule has 0 aromatic carbocycles. The molecule has 0 aliphatic carbocycles. The van der Waals surface area contributed by atoms with E-state index in [0.29, 0.717) is 12.3 Å². The molecule has 1 N–H and O–H groups in total. The van der Waals surface area contributed by atoms with Crippen molar-refractivity contribution in [2.75, 3.05) is 26.2 Å². The van der Waals surface area contributed by atoms with E-state index in [0.717, 1.165) is 51.7 Å². The average molecular weight is 312 g/mol. The third-order valence-electron chi connectivity index (χ3n) is 4.17. The van der Waals surface area contributed by atoms with Crippen molar-refractivity contribution >= 4 is 12.2 Å². The monoisotopic (exact) mass is 312 g/mol. The molecule has 2 heterocycles. The van der Waals surface area contributed by atoms with E-state index in [1.807, 2.05) is 25.7 Å². The van der Waals surface area contributed by atoms with Gasteiger partial charge < -0.3 is 15.0 Å². The summed E-state index contributed by atoms with van der Waals surface area (Å²) in [6, 6.07) is 0. The molecule has 4 nitrogen and oxygen atoms in total. The first kappa shape index (κ1) is 21.1. The molecule has 0 aromatic rings. The van der Waals surface area contributed by atoms with Crippen LogP contribution in [-0.4, -0.2) is 43.3 Å². The molecule has 130 valence electrons. The Morgan fingerprint density at radius 1 is 1.27 bits per heavy atom. The normalized spacial score (nSPS) is 22.8. The SMILES string of the molecule is CC.CC1(C=O)CCN(C(=O)CC2CCNC2)CC1.CCC. The minimum absolute atomic E-state index is 0.203. The van der Waals surface area contributed by atoms with E-state index in [1.54, 1.807) is 0 Å². The molecule has 2 fully saturated rings. The second-order valence-corrected chi connectivity index (χ2v) is 6.42. The van der Waals surface area contributed by atoms with Gasteiger partial charge in [0.2, 0.25) is 5.91 Å². The van der Waals surface area contributed by atoms with Crippen LogP contribution in [0.2, 0.25) is 0 Å². The van der Waals surface area contributed by atoms with Crippen LogP contribution in [0.15, 0.2) is 0 Å². The number of hydrogen-bond acceptors (Lipinski definition) is 3. The predicted octanol–water partition coefficient (Wildman–Crippen LogP) is 3.26. The van der Waals surface area contributed by atoms with E-state index < -0.39 is 0 Å². The van der Waals surface area contributed by atoms with E-state index in [1.165, 1.54) is 6.42 Å². The van der Waals surface area contributed by atoms with Crippen molar-refractivity contribution in [2.45, 2.75) is 66.7 Å². The first-order valence-corrected chi connectivity index (χ1v) is 8.99. The van der Waals surface area contributed by atoms with E-state index >= 15 is 0 Å². The van der Waals surface area contributed by atoms with E-state index in [4.69, 9.17) is 0 Å². The lowest BCUT2D eigenvalue weighted by Crippen LogP contribution is -2.43. The van der Waals surface area contributed by atoms with Crippen LogP contribution in [0.3, 0.4) is 0 Å². The van der Waals surface area contributed by atoms with Crippen LogP contribution >= 0.6 is 0 Å². The van der Waals surface area contributed by atoms with Crippen LogP contribution in [0, 0.1) is 11.3 Å². The van der Waals surface area contributed by atoms with E-state index in [9.17, 15) is 9.59 Å². The number of hydrogen-bond donors (Lipinski definition) is 1. The Kier molecular flexibility index (Phi) is 11.2. The average Bonchev–Trinajstić information content (AvgIpc) is 3.04. The van der Waals surface area contributed by atoms with Crippen molar-refractivity contribution in [3.05, 3.63) is 0 Å². The first-order chi connectivity index (χ1) is 10.5. The van der Waals surface area contributed by atoms with Gasteiger partial charge in [0, 0.05) is 24.9 Å². The molecule has 0 radical (unpaired) electrons. The van der Waals surface area contributed by atoms with Crippen molar-refractivity contribution in [2.24, 2.45) is 11.3 Å². The summed E-state index contributed by atoms with van der Waals surface area (Å²) in [6.45, 7) is 13.7. The number of rotatable bonds is 3. The first-order valence-electron chi connectivity index (χ1n) is 8.99. The number of carbonyl (C=O) groups is 2. The molecule has 2 aliphatic heterocycles. The van der Waals surface area contributed by atoms with Gasteiger partial charge in [0.15, 0.2) is 0 Å². The summed E-state index contributed by atoms with van der Waals surface area (Å²) in [5.41, 5.74) is -0.203. The van der Waals surface area contributed by atoms with Crippen molar-refractivity contribution in [3.8, 4) is 0 Å². The fourth-order valence-electron chi connectivity index (χ4n) is 2.65. The minimum atomic E-state index is -0.203. The third-order valence-corrected chi connectivity index (χ3v) is 4.17. The van der Waals surface area contributed by atoms with Crippen molar-refractivity contribution < 1.29 is 9.59 Å². The highest BCUT2D eigenvalue weighted by Crippen LogP contribution is 2.29. The fourth-order valence-corrected chi connectivity index (χ4v) is 2.65. The Morgan fingerprint density at radius 3 is 2.23 bits per heavy atom. The standard InChI is InChI=1S/C13H22N2O2.C3H8.C2H6/c1-13(10-16)3-6-15(7-4-13)12(17)8-11-2-5-14-9-11;1-3-2;1-2/h10-11,14H,2-9H2,1H3;3H2,1-2H3;1-2H3. The summed E-state index contributed by atoms with van der Waals surface area (Å²) in [5.74, 6) is 0.786. The highest BCUT2D eigenvalue weighted by Gasteiger charge is 2.32. The number of piperidine rings is 1. The van der Waals surface area contributed by atoms with Crippen molar-refractivity contribution in [3.63, 3.8) is 0 Å². The van der Waals surface area contributed by atoms with Gasteiger partial charge >= 0.3 is 0 Å². The molecule has 0 aromatic heterocycles. The molecule has 1 amide bonds. The van der Waals surface area contributed by atoms with Crippen molar-refractivity contribution in [1.82, 2.24) is 10.2 Å². The zero-order chi connectivity index (χ0) is 17.0. The number of carbonyl (C=O) groups excluding carboxylic acids is 2. The predicted molar refractivity (Wildman–Crippen MR) is 92.9 cm³/mol. The molecule has 0 bridgehead atoms. The Bertz CT molecular complexity index is 304. The van der Waals surface area contributed by atoms with Gasteiger partial charge in [0.05, 0.1) is 0 Å². The molecule has 4 heteroatoms. The van der Waals surface area contributed by atoms with Gasteiger partial charge in [-0.25, -0.2) is 0 Å². The maximum absolute atomic E-state index is 12.1.